The van der Waals surface area contributed by atoms with Gasteiger partial charge in [0.05, 0.1) is 17.6 Å². The highest BCUT2D eigenvalue weighted by Crippen LogP contribution is 2.13. The average Bonchev–Trinajstić information content (AvgIpc) is 2.59. The lowest BCUT2D eigenvalue weighted by Crippen LogP contribution is -2.01. The van der Waals surface area contributed by atoms with E-state index in [0.717, 1.165) is 17.9 Å². The van der Waals surface area contributed by atoms with E-state index < -0.39 is 0 Å². The van der Waals surface area contributed by atoms with Crippen molar-refractivity contribution in [1.82, 2.24) is 14.8 Å². The molecular weight excluding hydrogens is 188 g/mol. The number of anilines is 1. The molecule has 15 heavy (non-hydrogen) atoms. The minimum absolute atomic E-state index is 0.778. The minimum Gasteiger partial charge on any atom is -0.378 e. The zero-order chi connectivity index (χ0) is 10.7. The van der Waals surface area contributed by atoms with Gasteiger partial charge in [0.15, 0.2) is 0 Å². The van der Waals surface area contributed by atoms with Crippen LogP contribution < -0.4 is 5.32 Å². The van der Waals surface area contributed by atoms with Crippen LogP contribution in [0.2, 0.25) is 0 Å². The van der Waals surface area contributed by atoms with Gasteiger partial charge in [-0.3, -0.25) is 9.67 Å². The quantitative estimate of drug-likeness (QED) is 0.824. The molecule has 0 spiro atoms. The third kappa shape index (κ3) is 2.15. The highest BCUT2D eigenvalue weighted by atomic mass is 15.3. The van der Waals surface area contributed by atoms with Crippen LogP contribution in [0.3, 0.4) is 0 Å². The molecule has 0 aliphatic carbocycles. The molecule has 78 valence electrons. The van der Waals surface area contributed by atoms with Crippen molar-refractivity contribution in [2.45, 2.75) is 13.5 Å². The van der Waals surface area contributed by atoms with Crippen LogP contribution in [0, 0.1) is 6.92 Å². The van der Waals surface area contributed by atoms with Crippen molar-refractivity contribution in [3.8, 4) is 0 Å². The number of pyridine rings is 1. The average molecular weight is 202 g/mol. The van der Waals surface area contributed by atoms with E-state index in [9.17, 15) is 0 Å². The Kier molecular flexibility index (Phi) is 2.67. The summed E-state index contributed by atoms with van der Waals surface area (Å²) in [6.45, 7) is 2.82. The van der Waals surface area contributed by atoms with Gasteiger partial charge in [0, 0.05) is 26.0 Å². The van der Waals surface area contributed by atoms with Crippen molar-refractivity contribution in [3.63, 3.8) is 0 Å². The van der Waals surface area contributed by atoms with Gasteiger partial charge in [0.2, 0.25) is 0 Å². The zero-order valence-corrected chi connectivity index (χ0v) is 8.94. The van der Waals surface area contributed by atoms with E-state index in [0.29, 0.717) is 0 Å². The van der Waals surface area contributed by atoms with E-state index in [-0.39, 0.29) is 0 Å². The van der Waals surface area contributed by atoms with Gasteiger partial charge in [-0.2, -0.15) is 5.10 Å². The van der Waals surface area contributed by atoms with Gasteiger partial charge >= 0.3 is 0 Å². The topological polar surface area (TPSA) is 42.7 Å². The molecule has 0 saturated heterocycles. The fraction of sp³-hybridized carbons (Fsp3) is 0.273. The molecule has 4 heteroatoms. The molecule has 0 fully saturated rings. The Balaban J connectivity index is 2.02. The summed E-state index contributed by atoms with van der Waals surface area (Å²) >= 11 is 0. The molecular formula is C11H14N4. The number of nitrogens with one attached hydrogen (secondary N) is 1. The van der Waals surface area contributed by atoms with Gasteiger partial charge in [0.25, 0.3) is 0 Å². The minimum atomic E-state index is 0.778. The maximum atomic E-state index is 4.17. The van der Waals surface area contributed by atoms with Crippen LogP contribution in [-0.4, -0.2) is 14.8 Å². The summed E-state index contributed by atoms with van der Waals surface area (Å²) in [5, 5.41) is 7.49. The van der Waals surface area contributed by atoms with Gasteiger partial charge in [-0.05, 0) is 18.6 Å². The predicted octanol–water partition coefficient (Wildman–Crippen LogP) is 1.74. The summed E-state index contributed by atoms with van der Waals surface area (Å²) in [6, 6.07) is 3.98. The van der Waals surface area contributed by atoms with Crippen LogP contribution in [0.25, 0.3) is 0 Å². The lowest BCUT2D eigenvalue weighted by atomic mass is 10.3. The zero-order valence-electron chi connectivity index (χ0n) is 8.94. The lowest BCUT2D eigenvalue weighted by Gasteiger charge is -2.04. The van der Waals surface area contributed by atoms with Crippen molar-refractivity contribution < 1.29 is 0 Å². The molecule has 0 amide bonds. The van der Waals surface area contributed by atoms with Crippen LogP contribution in [0.4, 0.5) is 5.69 Å². The molecule has 0 aliphatic rings. The lowest BCUT2D eigenvalue weighted by molar-refractivity contribution is 0.740. The Bertz CT molecular complexity index is 433. The molecule has 2 rings (SSSR count). The molecule has 0 saturated carbocycles. The first-order valence-electron chi connectivity index (χ1n) is 4.89. The summed E-state index contributed by atoms with van der Waals surface area (Å²) in [5.41, 5.74) is 3.38. The van der Waals surface area contributed by atoms with E-state index >= 15 is 0 Å². The smallest absolute Gasteiger partial charge is 0.0758 e. The van der Waals surface area contributed by atoms with Crippen molar-refractivity contribution >= 4 is 5.69 Å². The molecule has 0 atom stereocenters. The van der Waals surface area contributed by atoms with E-state index in [1.807, 2.05) is 43.2 Å². The van der Waals surface area contributed by atoms with Crippen molar-refractivity contribution in [2.24, 2.45) is 7.05 Å². The highest BCUT2D eigenvalue weighted by molar-refractivity contribution is 5.46. The van der Waals surface area contributed by atoms with Crippen LogP contribution in [0.1, 0.15) is 11.3 Å². The first-order chi connectivity index (χ1) is 7.27. The Morgan fingerprint density at radius 2 is 2.27 bits per heavy atom. The summed E-state index contributed by atoms with van der Waals surface area (Å²) in [6.07, 6.45) is 5.48. The second-order valence-corrected chi connectivity index (χ2v) is 3.48. The van der Waals surface area contributed by atoms with Gasteiger partial charge < -0.3 is 5.32 Å². The summed E-state index contributed by atoms with van der Waals surface area (Å²) in [5.74, 6) is 0. The first-order valence-corrected chi connectivity index (χ1v) is 4.89. The Morgan fingerprint density at radius 3 is 2.87 bits per heavy atom. The SMILES string of the molecule is Cc1c(NCc2cccnc2)cnn1C. The van der Waals surface area contributed by atoms with Crippen LogP contribution in [0.15, 0.2) is 30.7 Å². The van der Waals surface area contributed by atoms with E-state index in [4.69, 9.17) is 0 Å². The molecule has 2 aromatic rings. The number of hydrogen-bond acceptors (Lipinski definition) is 3. The van der Waals surface area contributed by atoms with Crippen LogP contribution in [0.5, 0.6) is 0 Å². The van der Waals surface area contributed by atoms with Gasteiger partial charge in [-0.25, -0.2) is 0 Å². The standard InChI is InChI=1S/C11H14N4/c1-9-11(8-14-15(9)2)13-7-10-4-3-5-12-6-10/h3-6,8,13H,7H2,1-2H3. The molecule has 1 N–H and O–H groups in total. The molecule has 0 radical (unpaired) electrons. The molecule has 0 unspecified atom stereocenters. The van der Waals surface area contributed by atoms with Crippen LogP contribution >= 0.6 is 0 Å². The van der Waals surface area contributed by atoms with Crippen molar-refractivity contribution in [1.29, 1.82) is 0 Å². The molecule has 0 bridgehead atoms. The van der Waals surface area contributed by atoms with Crippen molar-refractivity contribution in [2.75, 3.05) is 5.32 Å². The first kappa shape index (κ1) is 9.71. The van der Waals surface area contributed by atoms with Crippen molar-refractivity contribution in [3.05, 3.63) is 42.0 Å². The van der Waals surface area contributed by atoms with Gasteiger partial charge in [-0.1, -0.05) is 6.07 Å². The molecule has 4 nitrogen and oxygen atoms in total. The second-order valence-electron chi connectivity index (χ2n) is 3.48. The number of rotatable bonds is 3. The molecule has 2 heterocycles. The molecule has 2 aromatic heterocycles. The van der Waals surface area contributed by atoms with E-state index in [2.05, 4.69) is 15.4 Å². The summed E-state index contributed by atoms with van der Waals surface area (Å²) in [7, 11) is 1.94. The third-order valence-electron chi connectivity index (χ3n) is 2.44. The molecule has 0 aliphatic heterocycles. The number of aromatic nitrogens is 3. The van der Waals surface area contributed by atoms with Gasteiger partial charge in [-0.15, -0.1) is 0 Å². The normalized spacial score (nSPS) is 10.3. The largest absolute Gasteiger partial charge is 0.378 e. The van der Waals surface area contributed by atoms with Crippen LogP contribution in [-0.2, 0) is 13.6 Å². The Labute approximate surface area is 89.0 Å². The second kappa shape index (κ2) is 4.13. The molecule has 0 aromatic carbocycles. The highest BCUT2D eigenvalue weighted by Gasteiger charge is 2.02. The third-order valence-corrected chi connectivity index (χ3v) is 2.44. The fourth-order valence-corrected chi connectivity index (χ4v) is 1.37. The number of nitrogens with zero attached hydrogens (tertiary/aromatic N) is 3. The van der Waals surface area contributed by atoms with E-state index in [1.165, 1.54) is 5.56 Å². The number of hydrogen-bond donors (Lipinski definition) is 1. The van der Waals surface area contributed by atoms with Gasteiger partial charge in [0.1, 0.15) is 0 Å². The van der Waals surface area contributed by atoms with E-state index in [1.54, 1.807) is 6.20 Å². The Morgan fingerprint density at radius 1 is 1.40 bits per heavy atom. The monoisotopic (exact) mass is 202 g/mol. The predicted molar refractivity (Wildman–Crippen MR) is 59.5 cm³/mol. The maximum absolute atomic E-state index is 4.17. The fourth-order valence-electron chi connectivity index (χ4n) is 1.37. The summed E-state index contributed by atoms with van der Waals surface area (Å²) < 4.78 is 1.85. The Hall–Kier alpha value is -1.84. The summed E-state index contributed by atoms with van der Waals surface area (Å²) in [4.78, 5) is 4.06. The number of aryl methyl sites for hydroxylation is 1. The maximum Gasteiger partial charge on any atom is 0.0758 e.